The van der Waals surface area contributed by atoms with Gasteiger partial charge in [0.2, 0.25) is 5.65 Å². The Morgan fingerprint density at radius 1 is 1.43 bits per heavy atom. The average Bonchev–Trinajstić information content (AvgIpc) is 2.87. The van der Waals surface area contributed by atoms with Crippen LogP contribution in [0.3, 0.4) is 0 Å². The molecule has 0 bridgehead atoms. The summed E-state index contributed by atoms with van der Waals surface area (Å²) < 4.78 is 7.61. The Hall–Kier alpha value is -1.73. The fourth-order valence-electron chi connectivity index (χ4n) is 2.61. The van der Waals surface area contributed by atoms with Gasteiger partial charge < -0.3 is 15.0 Å². The second-order valence-corrected chi connectivity index (χ2v) is 5.68. The number of anilines is 1. The van der Waals surface area contributed by atoms with Gasteiger partial charge in [-0.15, -0.1) is 10.2 Å². The van der Waals surface area contributed by atoms with Crippen molar-refractivity contribution < 1.29 is 4.74 Å². The number of hydrogen-bond donors (Lipinski definition) is 1. The summed E-state index contributed by atoms with van der Waals surface area (Å²) in [5, 5.41) is 11.9. The quantitative estimate of drug-likeness (QED) is 0.891. The van der Waals surface area contributed by atoms with Crippen LogP contribution in [-0.2, 0) is 4.74 Å². The Kier molecular flexibility index (Phi) is 4.03. The zero-order chi connectivity index (χ0) is 14.8. The largest absolute Gasteiger partial charge is 0.377 e. The maximum absolute atomic E-state index is 5.63. The van der Waals surface area contributed by atoms with Crippen LogP contribution in [0.5, 0.6) is 0 Å². The summed E-state index contributed by atoms with van der Waals surface area (Å²) in [5.41, 5.74) is 0.812. The van der Waals surface area contributed by atoms with Gasteiger partial charge in [-0.1, -0.05) is 13.8 Å². The lowest BCUT2D eigenvalue weighted by Crippen LogP contribution is -2.52. The van der Waals surface area contributed by atoms with Crippen molar-refractivity contribution in [1.29, 1.82) is 0 Å². The van der Waals surface area contributed by atoms with Gasteiger partial charge in [-0.05, 0) is 6.92 Å². The van der Waals surface area contributed by atoms with Gasteiger partial charge in [-0.2, -0.15) is 0 Å². The Bertz CT molecular complexity index is 611. The molecule has 1 unspecified atom stereocenters. The minimum atomic E-state index is 0.261. The van der Waals surface area contributed by atoms with Crippen molar-refractivity contribution in [3.8, 4) is 0 Å². The third-order valence-electron chi connectivity index (χ3n) is 3.74. The molecule has 7 nitrogen and oxygen atoms in total. The van der Waals surface area contributed by atoms with Crippen molar-refractivity contribution in [3.05, 3.63) is 18.2 Å². The van der Waals surface area contributed by atoms with Gasteiger partial charge >= 0.3 is 0 Å². The standard InChI is InChI=1S/C14H22N6O/c1-10(2)16-8-12-9-21-7-6-20(12)13-14-18-17-11(3)19(14)5-4-15-13/h4-5,10,12,16H,6-9H2,1-3H3. The molecule has 0 radical (unpaired) electrons. The minimum Gasteiger partial charge on any atom is -0.377 e. The normalized spacial score (nSPS) is 19.6. The molecule has 0 aliphatic carbocycles. The number of morpholine rings is 1. The van der Waals surface area contributed by atoms with E-state index >= 15 is 0 Å². The summed E-state index contributed by atoms with van der Waals surface area (Å²) >= 11 is 0. The summed E-state index contributed by atoms with van der Waals surface area (Å²) in [6, 6.07) is 0.713. The van der Waals surface area contributed by atoms with Gasteiger partial charge in [0.15, 0.2) is 5.82 Å². The maximum Gasteiger partial charge on any atom is 0.203 e. The molecule has 1 atom stereocenters. The van der Waals surface area contributed by atoms with Crippen molar-refractivity contribution in [3.63, 3.8) is 0 Å². The van der Waals surface area contributed by atoms with Crippen LogP contribution >= 0.6 is 0 Å². The van der Waals surface area contributed by atoms with E-state index in [0.29, 0.717) is 19.3 Å². The van der Waals surface area contributed by atoms with Crippen LogP contribution in [-0.4, -0.2) is 58.0 Å². The van der Waals surface area contributed by atoms with Crippen molar-refractivity contribution >= 4 is 11.5 Å². The van der Waals surface area contributed by atoms with E-state index in [9.17, 15) is 0 Å². The molecule has 1 fully saturated rings. The summed E-state index contributed by atoms with van der Waals surface area (Å²) in [7, 11) is 0. The zero-order valence-corrected chi connectivity index (χ0v) is 12.8. The Morgan fingerprint density at radius 2 is 2.29 bits per heavy atom. The highest BCUT2D eigenvalue weighted by Gasteiger charge is 2.26. The first-order valence-electron chi connectivity index (χ1n) is 7.41. The fraction of sp³-hybridized carbons (Fsp3) is 0.643. The van der Waals surface area contributed by atoms with Gasteiger partial charge in [0.1, 0.15) is 5.82 Å². The number of fused-ring (bicyclic) bond motifs is 1. The van der Waals surface area contributed by atoms with E-state index in [2.05, 4.69) is 39.2 Å². The van der Waals surface area contributed by atoms with Crippen LogP contribution in [0.1, 0.15) is 19.7 Å². The van der Waals surface area contributed by atoms with Crippen molar-refractivity contribution in [2.45, 2.75) is 32.9 Å². The Labute approximate surface area is 124 Å². The molecule has 3 heterocycles. The molecule has 114 valence electrons. The molecule has 1 aliphatic rings. The fourth-order valence-corrected chi connectivity index (χ4v) is 2.61. The van der Waals surface area contributed by atoms with Crippen LogP contribution < -0.4 is 10.2 Å². The smallest absolute Gasteiger partial charge is 0.203 e. The molecule has 0 amide bonds. The number of nitrogens with zero attached hydrogens (tertiary/aromatic N) is 5. The number of aromatic nitrogens is 4. The highest BCUT2D eigenvalue weighted by molar-refractivity contribution is 5.64. The lowest BCUT2D eigenvalue weighted by molar-refractivity contribution is 0.0929. The van der Waals surface area contributed by atoms with Crippen molar-refractivity contribution in [1.82, 2.24) is 24.9 Å². The molecule has 3 rings (SSSR count). The molecular formula is C14H22N6O. The van der Waals surface area contributed by atoms with Crippen LogP contribution in [0.4, 0.5) is 5.82 Å². The molecule has 0 spiro atoms. The van der Waals surface area contributed by atoms with Gasteiger partial charge in [0, 0.05) is 31.5 Å². The van der Waals surface area contributed by atoms with E-state index in [1.807, 2.05) is 17.5 Å². The highest BCUT2D eigenvalue weighted by atomic mass is 16.5. The van der Waals surface area contributed by atoms with Crippen LogP contribution in [0.15, 0.2) is 12.4 Å². The van der Waals surface area contributed by atoms with Gasteiger partial charge in [-0.3, -0.25) is 4.40 Å². The predicted octanol–water partition coefficient (Wildman–Crippen LogP) is 0.636. The van der Waals surface area contributed by atoms with Crippen molar-refractivity contribution in [2.24, 2.45) is 0 Å². The molecular weight excluding hydrogens is 268 g/mol. The lowest BCUT2D eigenvalue weighted by Gasteiger charge is -2.36. The molecule has 1 saturated heterocycles. The van der Waals surface area contributed by atoms with Gasteiger partial charge in [0.25, 0.3) is 0 Å². The summed E-state index contributed by atoms with van der Waals surface area (Å²) in [6.07, 6.45) is 3.71. The SMILES string of the molecule is Cc1nnc2c(N3CCOCC3CNC(C)C)nccn12. The molecule has 0 aromatic carbocycles. The molecule has 2 aromatic heterocycles. The number of rotatable bonds is 4. The molecule has 21 heavy (non-hydrogen) atoms. The second kappa shape index (κ2) is 5.95. The number of nitrogens with one attached hydrogen (secondary N) is 1. The number of hydrogen-bond acceptors (Lipinski definition) is 6. The lowest BCUT2D eigenvalue weighted by atomic mass is 10.2. The van der Waals surface area contributed by atoms with E-state index in [1.54, 1.807) is 6.20 Å². The zero-order valence-electron chi connectivity index (χ0n) is 12.8. The first-order chi connectivity index (χ1) is 10.2. The van der Waals surface area contributed by atoms with E-state index in [1.165, 1.54) is 0 Å². The van der Waals surface area contributed by atoms with Crippen LogP contribution in [0.2, 0.25) is 0 Å². The molecule has 7 heteroatoms. The first kappa shape index (κ1) is 14.2. The maximum atomic E-state index is 5.63. The number of aryl methyl sites for hydroxylation is 1. The van der Waals surface area contributed by atoms with Gasteiger partial charge in [0.05, 0.1) is 19.3 Å². The molecule has 1 aliphatic heterocycles. The topological polar surface area (TPSA) is 67.6 Å². The second-order valence-electron chi connectivity index (χ2n) is 5.68. The molecule has 1 N–H and O–H groups in total. The monoisotopic (exact) mass is 290 g/mol. The number of ether oxygens (including phenoxy) is 1. The predicted molar refractivity (Wildman–Crippen MR) is 80.6 cm³/mol. The van der Waals surface area contributed by atoms with Crippen molar-refractivity contribution in [2.75, 3.05) is 31.2 Å². The van der Waals surface area contributed by atoms with Crippen LogP contribution in [0.25, 0.3) is 5.65 Å². The summed E-state index contributed by atoms with van der Waals surface area (Å²) in [5.74, 6) is 1.76. The van der Waals surface area contributed by atoms with E-state index in [4.69, 9.17) is 4.74 Å². The van der Waals surface area contributed by atoms with Gasteiger partial charge in [-0.25, -0.2) is 4.98 Å². The minimum absolute atomic E-state index is 0.261. The summed E-state index contributed by atoms with van der Waals surface area (Å²) in [4.78, 5) is 6.82. The van der Waals surface area contributed by atoms with E-state index in [0.717, 1.165) is 30.4 Å². The summed E-state index contributed by atoms with van der Waals surface area (Å²) in [6.45, 7) is 9.35. The van der Waals surface area contributed by atoms with E-state index < -0.39 is 0 Å². The average molecular weight is 290 g/mol. The Balaban J connectivity index is 1.91. The first-order valence-corrected chi connectivity index (χ1v) is 7.41. The third-order valence-corrected chi connectivity index (χ3v) is 3.74. The van der Waals surface area contributed by atoms with Crippen LogP contribution in [0, 0.1) is 6.92 Å². The Morgan fingerprint density at radius 3 is 3.10 bits per heavy atom. The molecule has 0 saturated carbocycles. The third kappa shape index (κ3) is 2.84. The highest BCUT2D eigenvalue weighted by Crippen LogP contribution is 2.21. The molecule has 2 aromatic rings. The van der Waals surface area contributed by atoms with E-state index in [-0.39, 0.29) is 6.04 Å².